The average molecular weight is 276 g/mol. The second kappa shape index (κ2) is 4.28. The Morgan fingerprint density at radius 2 is 1.67 bits per heavy atom. The van der Waals surface area contributed by atoms with E-state index in [4.69, 9.17) is 0 Å². The van der Waals surface area contributed by atoms with Gasteiger partial charge in [0.25, 0.3) is 5.56 Å². The van der Waals surface area contributed by atoms with E-state index in [-0.39, 0.29) is 5.56 Å². The van der Waals surface area contributed by atoms with Crippen LogP contribution in [0.4, 0.5) is 5.82 Å². The van der Waals surface area contributed by atoms with E-state index < -0.39 is 0 Å². The largest absolute Gasteiger partial charge is 0.372 e. The van der Waals surface area contributed by atoms with Gasteiger partial charge in [0.1, 0.15) is 5.82 Å². The van der Waals surface area contributed by atoms with Crippen LogP contribution in [0.2, 0.25) is 0 Å². The molecule has 2 aromatic carbocycles. The average Bonchev–Trinajstić information content (AvgIpc) is 2.54. The van der Waals surface area contributed by atoms with Gasteiger partial charge < -0.3 is 5.32 Å². The summed E-state index contributed by atoms with van der Waals surface area (Å²) < 4.78 is 1.57. The Balaban J connectivity index is 2.35. The first-order chi connectivity index (χ1) is 10.3. The molecule has 0 fully saturated rings. The third-order valence-corrected chi connectivity index (χ3v) is 3.61. The number of anilines is 1. The molecule has 21 heavy (non-hydrogen) atoms. The monoisotopic (exact) mass is 276 g/mol. The van der Waals surface area contributed by atoms with Gasteiger partial charge in [-0.1, -0.05) is 24.3 Å². The van der Waals surface area contributed by atoms with E-state index in [2.05, 4.69) is 15.3 Å². The minimum Gasteiger partial charge on any atom is -0.372 e. The number of para-hydroxylation sites is 2. The van der Waals surface area contributed by atoms with Crippen molar-refractivity contribution in [1.82, 2.24) is 14.4 Å². The molecule has 4 rings (SSSR count). The van der Waals surface area contributed by atoms with Gasteiger partial charge in [-0.2, -0.15) is 4.98 Å². The molecule has 0 aliphatic carbocycles. The van der Waals surface area contributed by atoms with Crippen LogP contribution >= 0.6 is 0 Å². The van der Waals surface area contributed by atoms with E-state index in [1.165, 1.54) is 0 Å². The molecule has 0 radical (unpaired) electrons. The van der Waals surface area contributed by atoms with Crippen LogP contribution in [0.15, 0.2) is 53.3 Å². The fourth-order valence-corrected chi connectivity index (χ4v) is 2.63. The Morgan fingerprint density at radius 3 is 2.48 bits per heavy atom. The first kappa shape index (κ1) is 11.8. The van der Waals surface area contributed by atoms with Gasteiger partial charge in [0.2, 0.25) is 5.78 Å². The van der Waals surface area contributed by atoms with Crippen molar-refractivity contribution < 1.29 is 0 Å². The zero-order valence-corrected chi connectivity index (χ0v) is 11.4. The maximum Gasteiger partial charge on any atom is 0.267 e. The second-order valence-corrected chi connectivity index (χ2v) is 4.80. The molecular weight excluding hydrogens is 264 g/mol. The third kappa shape index (κ3) is 1.61. The van der Waals surface area contributed by atoms with Crippen molar-refractivity contribution in [2.45, 2.75) is 0 Å². The van der Waals surface area contributed by atoms with Crippen molar-refractivity contribution in [3.63, 3.8) is 0 Å². The molecule has 5 nitrogen and oxygen atoms in total. The standard InChI is InChI=1S/C16H12N4O/c1-17-14-11-7-3-5-9-13(11)20-15(21)10-6-2-4-8-12(10)18-16(20)19-14/h2-9H,1H3,(H,17,18,19). The van der Waals surface area contributed by atoms with Crippen molar-refractivity contribution in [1.29, 1.82) is 0 Å². The zero-order valence-electron chi connectivity index (χ0n) is 11.4. The Labute approximate surface area is 119 Å². The SMILES string of the molecule is CNc1nc2nc3ccccc3c(=O)n2c2ccccc12. The van der Waals surface area contributed by atoms with Crippen LogP contribution in [0.25, 0.3) is 27.6 Å². The summed E-state index contributed by atoms with van der Waals surface area (Å²) in [4.78, 5) is 21.7. The molecule has 0 bridgehead atoms. The summed E-state index contributed by atoms with van der Waals surface area (Å²) in [6.45, 7) is 0. The van der Waals surface area contributed by atoms with E-state index in [1.807, 2.05) is 49.5 Å². The topological polar surface area (TPSA) is 59.3 Å². The van der Waals surface area contributed by atoms with Crippen LogP contribution in [0.1, 0.15) is 0 Å². The number of nitrogens with one attached hydrogen (secondary N) is 1. The van der Waals surface area contributed by atoms with Gasteiger partial charge in [0.15, 0.2) is 0 Å². The summed E-state index contributed by atoms with van der Waals surface area (Å²) in [7, 11) is 1.81. The lowest BCUT2D eigenvalue weighted by atomic mass is 10.2. The molecule has 0 atom stereocenters. The van der Waals surface area contributed by atoms with Crippen LogP contribution < -0.4 is 10.9 Å². The van der Waals surface area contributed by atoms with E-state index >= 15 is 0 Å². The number of benzene rings is 2. The van der Waals surface area contributed by atoms with Crippen LogP contribution in [-0.2, 0) is 0 Å². The number of fused-ring (bicyclic) bond motifs is 4. The highest BCUT2D eigenvalue weighted by atomic mass is 16.1. The smallest absolute Gasteiger partial charge is 0.267 e. The van der Waals surface area contributed by atoms with Crippen molar-refractivity contribution in [3.8, 4) is 0 Å². The maximum absolute atomic E-state index is 12.8. The maximum atomic E-state index is 12.8. The summed E-state index contributed by atoms with van der Waals surface area (Å²) >= 11 is 0. The van der Waals surface area contributed by atoms with Gasteiger partial charge in [0, 0.05) is 12.4 Å². The van der Waals surface area contributed by atoms with E-state index in [0.717, 1.165) is 10.9 Å². The van der Waals surface area contributed by atoms with Crippen LogP contribution in [0, 0.1) is 0 Å². The molecule has 0 spiro atoms. The molecule has 0 aliphatic rings. The molecule has 2 heterocycles. The van der Waals surface area contributed by atoms with Gasteiger partial charge in [-0.05, 0) is 24.3 Å². The summed E-state index contributed by atoms with van der Waals surface area (Å²) in [6.07, 6.45) is 0. The van der Waals surface area contributed by atoms with Gasteiger partial charge in [0.05, 0.1) is 16.4 Å². The summed E-state index contributed by atoms with van der Waals surface area (Å²) in [6, 6.07) is 15.0. The van der Waals surface area contributed by atoms with Crippen LogP contribution in [0.3, 0.4) is 0 Å². The highest BCUT2D eigenvalue weighted by Gasteiger charge is 2.11. The molecule has 0 aliphatic heterocycles. The lowest BCUT2D eigenvalue weighted by molar-refractivity contribution is 1.07. The molecular formula is C16H12N4O. The Kier molecular flexibility index (Phi) is 2.41. The highest BCUT2D eigenvalue weighted by Crippen LogP contribution is 2.21. The number of rotatable bonds is 1. The zero-order chi connectivity index (χ0) is 14.4. The number of hydrogen-bond donors (Lipinski definition) is 1. The Hall–Kier alpha value is -2.95. The van der Waals surface area contributed by atoms with Gasteiger partial charge in [-0.3, -0.25) is 4.79 Å². The Bertz CT molecular complexity index is 1050. The van der Waals surface area contributed by atoms with Gasteiger partial charge in [-0.15, -0.1) is 0 Å². The summed E-state index contributed by atoms with van der Waals surface area (Å²) in [5.74, 6) is 1.12. The minimum absolute atomic E-state index is 0.0954. The lowest BCUT2D eigenvalue weighted by Gasteiger charge is -2.10. The Morgan fingerprint density at radius 1 is 0.952 bits per heavy atom. The molecule has 0 amide bonds. The fourth-order valence-electron chi connectivity index (χ4n) is 2.63. The minimum atomic E-state index is -0.0954. The first-order valence-electron chi connectivity index (χ1n) is 6.67. The van der Waals surface area contributed by atoms with E-state index in [0.29, 0.717) is 22.5 Å². The predicted octanol–water partition coefficient (Wildman–Crippen LogP) is 2.44. The lowest BCUT2D eigenvalue weighted by Crippen LogP contribution is -2.17. The molecule has 0 saturated heterocycles. The highest BCUT2D eigenvalue weighted by molar-refractivity contribution is 5.92. The van der Waals surface area contributed by atoms with Crippen LogP contribution in [0.5, 0.6) is 0 Å². The predicted molar refractivity (Wildman–Crippen MR) is 83.8 cm³/mol. The fraction of sp³-hybridized carbons (Fsp3) is 0.0625. The summed E-state index contributed by atoms with van der Waals surface area (Å²) in [5, 5.41) is 4.55. The van der Waals surface area contributed by atoms with Crippen molar-refractivity contribution in [3.05, 3.63) is 58.9 Å². The van der Waals surface area contributed by atoms with E-state index in [9.17, 15) is 4.79 Å². The van der Waals surface area contributed by atoms with Crippen molar-refractivity contribution in [2.24, 2.45) is 0 Å². The molecule has 0 unspecified atom stereocenters. The van der Waals surface area contributed by atoms with E-state index in [1.54, 1.807) is 10.5 Å². The molecule has 1 N–H and O–H groups in total. The first-order valence-corrected chi connectivity index (χ1v) is 6.67. The quantitative estimate of drug-likeness (QED) is 0.428. The molecule has 5 heteroatoms. The van der Waals surface area contributed by atoms with Crippen molar-refractivity contribution >= 4 is 33.4 Å². The van der Waals surface area contributed by atoms with Crippen molar-refractivity contribution in [2.75, 3.05) is 12.4 Å². The molecule has 0 saturated carbocycles. The molecule has 4 aromatic rings. The molecule has 2 aromatic heterocycles. The number of hydrogen-bond acceptors (Lipinski definition) is 4. The van der Waals surface area contributed by atoms with Crippen LogP contribution in [-0.4, -0.2) is 21.4 Å². The normalized spacial score (nSPS) is 11.3. The third-order valence-electron chi connectivity index (χ3n) is 3.61. The molecule has 102 valence electrons. The summed E-state index contributed by atoms with van der Waals surface area (Å²) in [5.41, 5.74) is 1.37. The van der Waals surface area contributed by atoms with Gasteiger partial charge >= 0.3 is 0 Å². The van der Waals surface area contributed by atoms with Gasteiger partial charge in [-0.25, -0.2) is 9.38 Å². The number of nitrogens with zero attached hydrogens (tertiary/aromatic N) is 3. The number of aromatic nitrogens is 3. The second-order valence-electron chi connectivity index (χ2n) is 4.80.